The number of amides is 1. The van der Waals surface area contributed by atoms with E-state index >= 15 is 0 Å². The number of carbonyl (C=O) groups excluding carboxylic acids is 1. The van der Waals surface area contributed by atoms with E-state index in [4.69, 9.17) is 0 Å². The Kier molecular flexibility index (Phi) is 3.92. The van der Waals surface area contributed by atoms with Crippen LogP contribution in [-0.2, 0) is 17.9 Å². The molecule has 0 atom stereocenters. The maximum absolute atomic E-state index is 11.2. The van der Waals surface area contributed by atoms with Crippen molar-refractivity contribution in [2.24, 2.45) is 0 Å². The van der Waals surface area contributed by atoms with Gasteiger partial charge in [0, 0.05) is 13.5 Å². The van der Waals surface area contributed by atoms with Gasteiger partial charge in [-0.15, -0.1) is 0 Å². The smallest absolute Gasteiger partial charge is 0.217 e. The van der Waals surface area contributed by atoms with Crippen LogP contribution in [0.4, 0.5) is 0 Å². The fourth-order valence-electron chi connectivity index (χ4n) is 2.60. The molecule has 0 saturated heterocycles. The van der Waals surface area contributed by atoms with Crippen molar-refractivity contribution in [3.63, 3.8) is 0 Å². The summed E-state index contributed by atoms with van der Waals surface area (Å²) in [6.07, 6.45) is 0. The van der Waals surface area contributed by atoms with Crippen molar-refractivity contribution in [1.82, 2.24) is 14.9 Å². The molecule has 0 aliphatic carbocycles. The summed E-state index contributed by atoms with van der Waals surface area (Å²) in [5.74, 6) is 0.828. The van der Waals surface area contributed by atoms with E-state index in [9.17, 15) is 4.79 Å². The van der Waals surface area contributed by atoms with E-state index in [-0.39, 0.29) is 5.91 Å². The first-order valence-electron chi connectivity index (χ1n) is 7.38. The van der Waals surface area contributed by atoms with Crippen LogP contribution in [-0.4, -0.2) is 15.5 Å². The monoisotopic (exact) mass is 293 g/mol. The predicted molar refractivity (Wildman–Crippen MR) is 87.5 cm³/mol. The number of aromatic nitrogens is 2. The molecule has 3 rings (SSSR count). The van der Waals surface area contributed by atoms with Crippen molar-refractivity contribution in [3.05, 3.63) is 65.5 Å². The maximum Gasteiger partial charge on any atom is 0.217 e. The molecular weight excluding hydrogens is 274 g/mol. The summed E-state index contributed by atoms with van der Waals surface area (Å²) in [6.45, 7) is 4.83. The molecule has 0 radical (unpaired) electrons. The van der Waals surface area contributed by atoms with Crippen LogP contribution in [0.5, 0.6) is 0 Å². The van der Waals surface area contributed by atoms with Crippen LogP contribution in [0, 0.1) is 6.92 Å². The van der Waals surface area contributed by atoms with Gasteiger partial charge in [0.25, 0.3) is 0 Å². The molecule has 0 saturated carbocycles. The van der Waals surface area contributed by atoms with Crippen LogP contribution in [0.2, 0.25) is 0 Å². The Labute approximate surface area is 129 Å². The standard InChI is InChI=1S/C18H19N3O/c1-13-7-3-4-8-15(13)12-21-17-10-6-5-9-16(17)20-18(21)11-19-14(2)22/h3-10H,11-12H2,1-2H3,(H,19,22). The Morgan fingerprint density at radius 2 is 1.86 bits per heavy atom. The molecule has 3 aromatic rings. The van der Waals surface area contributed by atoms with Crippen molar-refractivity contribution in [1.29, 1.82) is 0 Å². The average Bonchev–Trinajstić information content (AvgIpc) is 2.85. The molecule has 4 nitrogen and oxygen atoms in total. The number of benzene rings is 2. The second kappa shape index (κ2) is 6.02. The molecule has 0 unspecified atom stereocenters. The quantitative estimate of drug-likeness (QED) is 0.803. The second-order valence-corrected chi connectivity index (χ2v) is 5.44. The van der Waals surface area contributed by atoms with E-state index in [0.29, 0.717) is 6.54 Å². The second-order valence-electron chi connectivity index (χ2n) is 5.44. The van der Waals surface area contributed by atoms with Crippen molar-refractivity contribution in [3.8, 4) is 0 Å². The first-order chi connectivity index (χ1) is 10.6. The number of imidazole rings is 1. The molecule has 2 aromatic carbocycles. The largest absolute Gasteiger partial charge is 0.349 e. The summed E-state index contributed by atoms with van der Waals surface area (Å²) >= 11 is 0. The number of para-hydroxylation sites is 2. The van der Waals surface area contributed by atoms with Crippen molar-refractivity contribution in [2.75, 3.05) is 0 Å². The number of carbonyl (C=O) groups is 1. The minimum atomic E-state index is -0.0468. The summed E-state index contributed by atoms with van der Waals surface area (Å²) in [5.41, 5.74) is 4.56. The number of hydrogen-bond donors (Lipinski definition) is 1. The zero-order valence-electron chi connectivity index (χ0n) is 12.8. The van der Waals surface area contributed by atoms with E-state index in [1.807, 2.05) is 24.3 Å². The Bertz CT molecular complexity index is 820. The van der Waals surface area contributed by atoms with Gasteiger partial charge in [-0.25, -0.2) is 4.98 Å². The lowest BCUT2D eigenvalue weighted by atomic mass is 10.1. The lowest BCUT2D eigenvalue weighted by Crippen LogP contribution is -2.22. The molecule has 0 aliphatic heterocycles. The summed E-state index contributed by atoms with van der Waals surface area (Å²) in [4.78, 5) is 15.9. The highest BCUT2D eigenvalue weighted by Gasteiger charge is 2.11. The normalized spacial score (nSPS) is 10.8. The van der Waals surface area contributed by atoms with Gasteiger partial charge >= 0.3 is 0 Å². The van der Waals surface area contributed by atoms with Crippen LogP contribution in [0.1, 0.15) is 23.9 Å². The van der Waals surface area contributed by atoms with Gasteiger partial charge in [0.1, 0.15) is 5.82 Å². The molecule has 0 aliphatic rings. The van der Waals surface area contributed by atoms with Gasteiger partial charge < -0.3 is 9.88 Å². The zero-order chi connectivity index (χ0) is 15.5. The van der Waals surface area contributed by atoms with E-state index in [0.717, 1.165) is 23.4 Å². The molecule has 22 heavy (non-hydrogen) atoms. The van der Waals surface area contributed by atoms with Crippen LogP contribution in [0.15, 0.2) is 48.5 Å². The van der Waals surface area contributed by atoms with Crippen molar-refractivity contribution in [2.45, 2.75) is 26.9 Å². The molecule has 0 spiro atoms. The molecule has 4 heteroatoms. The third-order valence-corrected chi connectivity index (χ3v) is 3.82. The molecule has 1 N–H and O–H groups in total. The summed E-state index contributed by atoms with van der Waals surface area (Å²) in [6, 6.07) is 16.4. The Balaban J connectivity index is 2.03. The zero-order valence-corrected chi connectivity index (χ0v) is 12.8. The lowest BCUT2D eigenvalue weighted by molar-refractivity contribution is -0.119. The summed E-state index contributed by atoms with van der Waals surface area (Å²) in [5, 5.41) is 2.84. The summed E-state index contributed by atoms with van der Waals surface area (Å²) < 4.78 is 2.17. The maximum atomic E-state index is 11.2. The predicted octanol–water partition coefficient (Wildman–Crippen LogP) is 3.03. The van der Waals surface area contributed by atoms with Crippen LogP contribution in [0.3, 0.4) is 0 Å². The summed E-state index contributed by atoms with van der Waals surface area (Å²) in [7, 11) is 0. The minimum Gasteiger partial charge on any atom is -0.349 e. The van der Waals surface area contributed by atoms with Gasteiger partial charge in [0.15, 0.2) is 0 Å². The highest BCUT2D eigenvalue weighted by molar-refractivity contribution is 5.76. The fourth-order valence-corrected chi connectivity index (χ4v) is 2.60. The van der Waals surface area contributed by atoms with Gasteiger partial charge in [0.2, 0.25) is 5.91 Å². The first kappa shape index (κ1) is 14.3. The topological polar surface area (TPSA) is 46.9 Å². The highest BCUT2D eigenvalue weighted by Crippen LogP contribution is 2.19. The molecule has 0 bridgehead atoms. The van der Waals surface area contributed by atoms with E-state index in [1.54, 1.807) is 0 Å². The molecule has 0 fully saturated rings. The number of hydrogen-bond acceptors (Lipinski definition) is 2. The molecule has 1 amide bonds. The first-order valence-corrected chi connectivity index (χ1v) is 7.38. The van der Waals surface area contributed by atoms with Crippen LogP contribution >= 0.6 is 0 Å². The number of fused-ring (bicyclic) bond motifs is 1. The molecule has 1 aromatic heterocycles. The molecule has 112 valence electrons. The number of nitrogens with zero attached hydrogens (tertiary/aromatic N) is 2. The average molecular weight is 293 g/mol. The van der Waals surface area contributed by atoms with Gasteiger partial charge in [-0.1, -0.05) is 36.4 Å². The Hall–Kier alpha value is -2.62. The third kappa shape index (κ3) is 2.86. The molecule has 1 heterocycles. The number of nitrogens with one attached hydrogen (secondary N) is 1. The van der Waals surface area contributed by atoms with E-state index in [2.05, 4.69) is 46.1 Å². The van der Waals surface area contributed by atoms with E-state index < -0.39 is 0 Å². The highest BCUT2D eigenvalue weighted by atomic mass is 16.1. The van der Waals surface area contributed by atoms with Gasteiger partial charge in [-0.05, 0) is 30.2 Å². The Morgan fingerprint density at radius 3 is 2.64 bits per heavy atom. The van der Waals surface area contributed by atoms with E-state index in [1.165, 1.54) is 18.1 Å². The number of rotatable bonds is 4. The SMILES string of the molecule is CC(=O)NCc1nc2ccccc2n1Cc1ccccc1C. The van der Waals surface area contributed by atoms with Crippen LogP contribution in [0.25, 0.3) is 11.0 Å². The minimum absolute atomic E-state index is 0.0468. The fraction of sp³-hybridized carbons (Fsp3) is 0.222. The molecular formula is C18H19N3O. The van der Waals surface area contributed by atoms with Gasteiger partial charge in [0.05, 0.1) is 17.6 Å². The Morgan fingerprint density at radius 1 is 1.14 bits per heavy atom. The third-order valence-electron chi connectivity index (χ3n) is 3.82. The van der Waals surface area contributed by atoms with Gasteiger partial charge in [-0.2, -0.15) is 0 Å². The van der Waals surface area contributed by atoms with Crippen molar-refractivity contribution < 1.29 is 4.79 Å². The number of aryl methyl sites for hydroxylation is 1. The van der Waals surface area contributed by atoms with Gasteiger partial charge in [-0.3, -0.25) is 4.79 Å². The van der Waals surface area contributed by atoms with Crippen molar-refractivity contribution >= 4 is 16.9 Å². The van der Waals surface area contributed by atoms with Crippen LogP contribution < -0.4 is 5.32 Å². The lowest BCUT2D eigenvalue weighted by Gasteiger charge is -2.11.